The normalized spacial score (nSPS) is 18.4. The number of halogens is 1. The molecule has 4 heteroatoms. The van der Waals surface area contributed by atoms with E-state index in [-0.39, 0.29) is 5.91 Å². The molecule has 0 radical (unpaired) electrons. The predicted molar refractivity (Wildman–Crippen MR) is 82.5 cm³/mol. The summed E-state index contributed by atoms with van der Waals surface area (Å²) in [4.78, 5) is 12.3. The second-order valence-corrected chi connectivity index (χ2v) is 6.38. The Kier molecular flexibility index (Phi) is 4.27. The molecule has 1 fully saturated rings. The lowest BCUT2D eigenvalue weighted by Gasteiger charge is -2.32. The van der Waals surface area contributed by atoms with Gasteiger partial charge in [-0.05, 0) is 60.1 Å². The Morgan fingerprint density at radius 2 is 2.00 bits per heavy atom. The summed E-state index contributed by atoms with van der Waals surface area (Å²) in [6, 6.07) is 6.03. The zero-order valence-electron chi connectivity index (χ0n) is 10.6. The van der Waals surface area contributed by atoms with Gasteiger partial charge in [-0.15, -0.1) is 0 Å². The monoisotopic (exact) mass is 358 g/mol. The van der Waals surface area contributed by atoms with E-state index in [9.17, 15) is 4.79 Å². The summed E-state index contributed by atoms with van der Waals surface area (Å²) in [6.45, 7) is 2.00. The van der Waals surface area contributed by atoms with Crippen molar-refractivity contribution in [2.24, 2.45) is 5.73 Å². The first-order valence-electron chi connectivity index (χ1n) is 6.38. The van der Waals surface area contributed by atoms with E-state index in [1.165, 1.54) is 6.42 Å². The molecule has 1 amide bonds. The Morgan fingerprint density at radius 1 is 1.33 bits per heavy atom. The Labute approximate surface area is 122 Å². The van der Waals surface area contributed by atoms with Crippen LogP contribution in [0, 0.1) is 10.5 Å². The summed E-state index contributed by atoms with van der Waals surface area (Å²) in [5, 5.41) is 2.99. The number of amides is 1. The summed E-state index contributed by atoms with van der Waals surface area (Å²) >= 11 is 2.24. The van der Waals surface area contributed by atoms with Crippen molar-refractivity contribution in [1.29, 1.82) is 0 Å². The largest absolute Gasteiger partial charge is 0.324 e. The van der Waals surface area contributed by atoms with Crippen LogP contribution in [0.3, 0.4) is 0 Å². The molecule has 0 saturated heterocycles. The van der Waals surface area contributed by atoms with Gasteiger partial charge in [0.25, 0.3) is 0 Å². The number of nitrogens with two attached hydrogens (primary N) is 1. The first-order valence-corrected chi connectivity index (χ1v) is 7.46. The van der Waals surface area contributed by atoms with Gasteiger partial charge in [-0.25, -0.2) is 0 Å². The zero-order valence-corrected chi connectivity index (χ0v) is 12.8. The van der Waals surface area contributed by atoms with Crippen LogP contribution in [0.4, 0.5) is 5.69 Å². The van der Waals surface area contributed by atoms with Crippen LogP contribution in [0.5, 0.6) is 0 Å². The Hall–Kier alpha value is -0.620. The molecule has 1 aromatic rings. The molecule has 0 unspecified atom stereocenters. The van der Waals surface area contributed by atoms with Gasteiger partial charge >= 0.3 is 0 Å². The summed E-state index contributed by atoms with van der Waals surface area (Å²) < 4.78 is 1.11. The van der Waals surface area contributed by atoms with Gasteiger partial charge in [-0.3, -0.25) is 4.79 Å². The summed E-state index contributed by atoms with van der Waals surface area (Å²) in [5.41, 5.74) is 7.50. The highest BCUT2D eigenvalue weighted by Crippen LogP contribution is 2.28. The Balaban J connectivity index is 2.13. The van der Waals surface area contributed by atoms with Gasteiger partial charge in [0.05, 0.1) is 5.54 Å². The van der Waals surface area contributed by atoms with E-state index in [1.807, 2.05) is 25.1 Å². The number of hydrogen-bond acceptors (Lipinski definition) is 2. The van der Waals surface area contributed by atoms with Gasteiger partial charge in [0.15, 0.2) is 0 Å². The fourth-order valence-electron chi connectivity index (χ4n) is 2.39. The van der Waals surface area contributed by atoms with Crippen LogP contribution in [-0.4, -0.2) is 11.4 Å². The van der Waals surface area contributed by atoms with E-state index < -0.39 is 5.54 Å². The van der Waals surface area contributed by atoms with Crippen LogP contribution in [0.25, 0.3) is 0 Å². The average molecular weight is 358 g/mol. The minimum atomic E-state index is -0.675. The smallest absolute Gasteiger partial charge is 0.244 e. The van der Waals surface area contributed by atoms with Crippen molar-refractivity contribution in [3.63, 3.8) is 0 Å². The van der Waals surface area contributed by atoms with Gasteiger partial charge in [-0.1, -0.05) is 25.3 Å². The van der Waals surface area contributed by atoms with Crippen LogP contribution in [0.15, 0.2) is 18.2 Å². The third kappa shape index (κ3) is 3.03. The maximum Gasteiger partial charge on any atom is 0.244 e. The second-order valence-electron chi connectivity index (χ2n) is 5.13. The molecule has 1 aliphatic carbocycles. The van der Waals surface area contributed by atoms with Crippen molar-refractivity contribution in [3.8, 4) is 0 Å². The van der Waals surface area contributed by atoms with Crippen molar-refractivity contribution in [2.45, 2.75) is 44.6 Å². The third-order valence-corrected chi connectivity index (χ3v) is 4.32. The number of aryl methyl sites for hydroxylation is 1. The highest BCUT2D eigenvalue weighted by molar-refractivity contribution is 14.1. The molecular formula is C14H19IN2O. The predicted octanol–water partition coefficient (Wildman–Crippen LogP) is 3.20. The second kappa shape index (κ2) is 5.57. The van der Waals surface area contributed by atoms with Crippen LogP contribution in [0.2, 0.25) is 0 Å². The van der Waals surface area contributed by atoms with Gasteiger partial charge in [0, 0.05) is 9.26 Å². The summed E-state index contributed by atoms with van der Waals surface area (Å²) in [7, 11) is 0. The quantitative estimate of drug-likeness (QED) is 0.798. The minimum absolute atomic E-state index is 0.0349. The molecule has 0 atom stereocenters. The molecule has 3 N–H and O–H groups in total. The summed E-state index contributed by atoms with van der Waals surface area (Å²) in [5.74, 6) is -0.0349. The van der Waals surface area contributed by atoms with Gasteiger partial charge in [-0.2, -0.15) is 0 Å². The molecule has 1 aliphatic rings. The molecular weight excluding hydrogens is 339 g/mol. The third-order valence-electron chi connectivity index (χ3n) is 3.65. The maximum absolute atomic E-state index is 12.3. The van der Waals surface area contributed by atoms with Crippen LogP contribution in [0.1, 0.15) is 37.7 Å². The first kappa shape index (κ1) is 13.8. The standard InChI is InChI=1S/C14H19IN2O/c1-10-5-6-11(15)9-12(10)17-13(18)14(16)7-3-2-4-8-14/h5-6,9H,2-4,7-8,16H2,1H3,(H,17,18). The lowest BCUT2D eigenvalue weighted by atomic mass is 9.82. The lowest BCUT2D eigenvalue weighted by molar-refractivity contribution is -0.122. The number of nitrogens with one attached hydrogen (secondary N) is 1. The molecule has 2 rings (SSSR count). The molecule has 1 saturated carbocycles. The van der Waals surface area contributed by atoms with Crippen molar-refractivity contribution >= 4 is 34.2 Å². The molecule has 0 aliphatic heterocycles. The van der Waals surface area contributed by atoms with E-state index in [1.54, 1.807) is 0 Å². The number of benzene rings is 1. The van der Waals surface area contributed by atoms with Crippen molar-refractivity contribution in [2.75, 3.05) is 5.32 Å². The fourth-order valence-corrected chi connectivity index (χ4v) is 2.88. The van der Waals surface area contributed by atoms with Crippen molar-refractivity contribution in [3.05, 3.63) is 27.3 Å². The molecule has 18 heavy (non-hydrogen) atoms. The van der Waals surface area contributed by atoms with E-state index in [0.29, 0.717) is 0 Å². The van der Waals surface area contributed by atoms with E-state index in [0.717, 1.165) is 40.5 Å². The molecule has 0 bridgehead atoms. The number of rotatable bonds is 2. The van der Waals surface area contributed by atoms with Crippen LogP contribution < -0.4 is 11.1 Å². The molecule has 0 heterocycles. The zero-order chi connectivity index (χ0) is 13.2. The maximum atomic E-state index is 12.3. The molecule has 98 valence electrons. The number of carbonyl (C=O) groups excluding carboxylic acids is 1. The number of hydrogen-bond donors (Lipinski definition) is 2. The lowest BCUT2D eigenvalue weighted by Crippen LogP contribution is -2.52. The first-order chi connectivity index (χ1) is 8.51. The molecule has 0 spiro atoms. The number of carbonyl (C=O) groups is 1. The van der Waals surface area contributed by atoms with Crippen LogP contribution >= 0.6 is 22.6 Å². The number of anilines is 1. The van der Waals surface area contributed by atoms with Crippen LogP contribution in [-0.2, 0) is 4.79 Å². The van der Waals surface area contributed by atoms with E-state index >= 15 is 0 Å². The highest BCUT2D eigenvalue weighted by atomic mass is 127. The molecule has 0 aromatic heterocycles. The Bertz CT molecular complexity index is 453. The van der Waals surface area contributed by atoms with Gasteiger partial charge in [0.1, 0.15) is 0 Å². The topological polar surface area (TPSA) is 55.1 Å². The highest BCUT2D eigenvalue weighted by Gasteiger charge is 2.35. The van der Waals surface area contributed by atoms with Gasteiger partial charge < -0.3 is 11.1 Å². The van der Waals surface area contributed by atoms with E-state index in [2.05, 4.69) is 27.9 Å². The SMILES string of the molecule is Cc1ccc(I)cc1NC(=O)C1(N)CCCCC1. The Morgan fingerprint density at radius 3 is 2.67 bits per heavy atom. The molecule has 3 nitrogen and oxygen atoms in total. The minimum Gasteiger partial charge on any atom is -0.324 e. The van der Waals surface area contributed by atoms with Crippen molar-refractivity contribution < 1.29 is 4.79 Å². The van der Waals surface area contributed by atoms with Gasteiger partial charge in [0.2, 0.25) is 5.91 Å². The molecule has 1 aromatic carbocycles. The van der Waals surface area contributed by atoms with Crippen molar-refractivity contribution in [1.82, 2.24) is 0 Å². The van der Waals surface area contributed by atoms with E-state index in [4.69, 9.17) is 5.73 Å². The average Bonchev–Trinajstić information content (AvgIpc) is 2.35. The summed E-state index contributed by atoms with van der Waals surface area (Å²) in [6.07, 6.45) is 4.88. The fraction of sp³-hybridized carbons (Fsp3) is 0.500.